The summed E-state index contributed by atoms with van der Waals surface area (Å²) in [5.74, 6) is 0.919. The molecule has 1 aliphatic rings. The van der Waals surface area contributed by atoms with Crippen molar-refractivity contribution in [3.8, 4) is 5.75 Å². The minimum absolute atomic E-state index is 0.505. The molecule has 0 heterocycles. The molecule has 0 aliphatic heterocycles. The molecule has 0 amide bonds. The molecule has 21 heavy (non-hydrogen) atoms. The average Bonchev–Trinajstić information content (AvgIpc) is 3.32. The topological polar surface area (TPSA) is 18.5 Å². The van der Waals surface area contributed by atoms with Gasteiger partial charge in [-0.1, -0.05) is 36.4 Å². The molecule has 0 aromatic heterocycles. The highest BCUT2D eigenvalue weighted by Gasteiger charge is 2.21. The second-order valence-electron chi connectivity index (χ2n) is 5.67. The first kappa shape index (κ1) is 14.2. The Hall–Kier alpha value is -1.80. The molecular weight excluding hydrogens is 260 g/mol. The Kier molecular flexibility index (Phi) is 4.56. The molecule has 1 aliphatic carbocycles. The van der Waals surface area contributed by atoms with E-state index in [-0.39, 0.29) is 0 Å². The highest BCUT2D eigenvalue weighted by Crippen LogP contribution is 2.23. The molecule has 0 bridgehead atoms. The number of benzene rings is 2. The van der Waals surface area contributed by atoms with Gasteiger partial charge in [-0.15, -0.1) is 0 Å². The van der Waals surface area contributed by atoms with Crippen LogP contribution in [0.5, 0.6) is 5.75 Å². The van der Waals surface area contributed by atoms with Crippen molar-refractivity contribution >= 4 is 0 Å². The van der Waals surface area contributed by atoms with Crippen molar-refractivity contribution in [3.05, 3.63) is 65.2 Å². The summed E-state index contributed by atoms with van der Waals surface area (Å²) in [6, 6.07) is 16.9. The van der Waals surface area contributed by atoms with Gasteiger partial charge in [0.05, 0.1) is 12.7 Å². The van der Waals surface area contributed by atoms with Gasteiger partial charge in [0.25, 0.3) is 0 Å². The van der Waals surface area contributed by atoms with Crippen LogP contribution >= 0.6 is 0 Å². The molecule has 0 radical (unpaired) electrons. The monoisotopic (exact) mass is 282 g/mol. The van der Waals surface area contributed by atoms with Gasteiger partial charge in [0.2, 0.25) is 0 Å². The zero-order valence-electron chi connectivity index (χ0n) is 12.5. The van der Waals surface area contributed by atoms with Crippen LogP contribution in [0.15, 0.2) is 48.5 Å². The fourth-order valence-electron chi connectivity index (χ4n) is 2.34. The summed E-state index contributed by atoms with van der Waals surface area (Å²) in [7, 11) is 0. The van der Waals surface area contributed by atoms with Gasteiger partial charge in [0.15, 0.2) is 0 Å². The van der Waals surface area contributed by atoms with Crippen molar-refractivity contribution in [1.82, 2.24) is 0 Å². The molecule has 1 saturated carbocycles. The first-order chi connectivity index (χ1) is 10.3. The van der Waals surface area contributed by atoms with E-state index in [9.17, 15) is 0 Å². The van der Waals surface area contributed by atoms with Crippen LogP contribution in [0.4, 0.5) is 0 Å². The Balaban J connectivity index is 1.50. The van der Waals surface area contributed by atoms with Gasteiger partial charge in [-0.25, -0.2) is 0 Å². The van der Waals surface area contributed by atoms with E-state index in [0.29, 0.717) is 19.3 Å². The molecule has 3 rings (SSSR count). The van der Waals surface area contributed by atoms with E-state index in [1.54, 1.807) is 0 Å². The van der Waals surface area contributed by atoms with Crippen molar-refractivity contribution in [2.45, 2.75) is 32.3 Å². The predicted molar refractivity (Wildman–Crippen MR) is 84.9 cm³/mol. The van der Waals surface area contributed by atoms with E-state index in [4.69, 9.17) is 9.47 Å². The van der Waals surface area contributed by atoms with E-state index in [0.717, 1.165) is 12.2 Å². The Bertz CT molecular complexity index is 570. The number of hydrogen-bond acceptors (Lipinski definition) is 2. The standard InChI is InChI=1S/C19H22O2/c1-15-4-2-3-5-17(15)14-16-6-8-18(9-7-16)20-12-13-21-19-10-11-19/h2-9,19H,10-14H2,1H3. The lowest BCUT2D eigenvalue weighted by atomic mass is 10.0. The lowest BCUT2D eigenvalue weighted by Crippen LogP contribution is -2.07. The minimum atomic E-state index is 0.505. The van der Waals surface area contributed by atoms with Gasteiger partial charge in [0, 0.05) is 0 Å². The molecule has 1 fully saturated rings. The third-order valence-electron chi connectivity index (χ3n) is 3.81. The lowest BCUT2D eigenvalue weighted by molar-refractivity contribution is 0.0881. The molecule has 0 saturated heterocycles. The van der Waals surface area contributed by atoms with Gasteiger partial charge in [0.1, 0.15) is 12.4 Å². The molecule has 0 spiro atoms. The van der Waals surface area contributed by atoms with Crippen molar-refractivity contribution < 1.29 is 9.47 Å². The fraction of sp³-hybridized carbons (Fsp3) is 0.368. The maximum absolute atomic E-state index is 5.69. The number of aryl methyl sites for hydroxylation is 1. The maximum atomic E-state index is 5.69. The second kappa shape index (κ2) is 6.77. The van der Waals surface area contributed by atoms with Crippen LogP contribution < -0.4 is 4.74 Å². The first-order valence-corrected chi connectivity index (χ1v) is 7.69. The van der Waals surface area contributed by atoms with Gasteiger partial charge < -0.3 is 9.47 Å². The maximum Gasteiger partial charge on any atom is 0.119 e. The summed E-state index contributed by atoms with van der Waals surface area (Å²) < 4.78 is 11.3. The van der Waals surface area contributed by atoms with Gasteiger partial charge >= 0.3 is 0 Å². The smallest absolute Gasteiger partial charge is 0.119 e. The predicted octanol–water partition coefficient (Wildman–Crippen LogP) is 4.14. The van der Waals surface area contributed by atoms with Crippen molar-refractivity contribution in [2.24, 2.45) is 0 Å². The van der Waals surface area contributed by atoms with E-state index in [2.05, 4.69) is 43.3 Å². The van der Waals surface area contributed by atoms with Gasteiger partial charge in [-0.2, -0.15) is 0 Å². The molecule has 2 heteroatoms. The molecular formula is C19H22O2. The number of ether oxygens (including phenoxy) is 2. The summed E-state index contributed by atoms with van der Waals surface area (Å²) in [5, 5.41) is 0. The highest BCUT2D eigenvalue weighted by molar-refractivity contribution is 5.34. The van der Waals surface area contributed by atoms with E-state index >= 15 is 0 Å². The summed E-state index contributed by atoms with van der Waals surface area (Å²) >= 11 is 0. The Morgan fingerprint density at radius 2 is 1.71 bits per heavy atom. The van der Waals surface area contributed by atoms with Crippen molar-refractivity contribution in [3.63, 3.8) is 0 Å². The molecule has 2 nitrogen and oxygen atoms in total. The SMILES string of the molecule is Cc1ccccc1Cc1ccc(OCCOC2CC2)cc1. The molecule has 0 N–H and O–H groups in total. The minimum Gasteiger partial charge on any atom is -0.491 e. The van der Waals surface area contributed by atoms with E-state index in [1.165, 1.54) is 29.5 Å². The number of hydrogen-bond donors (Lipinski definition) is 0. The zero-order chi connectivity index (χ0) is 14.5. The molecule has 110 valence electrons. The van der Waals surface area contributed by atoms with Crippen LogP contribution in [0, 0.1) is 6.92 Å². The third kappa shape index (κ3) is 4.33. The third-order valence-corrected chi connectivity index (χ3v) is 3.81. The normalized spacial score (nSPS) is 14.1. The number of rotatable bonds is 7. The molecule has 2 aromatic carbocycles. The lowest BCUT2D eigenvalue weighted by Gasteiger charge is -2.09. The van der Waals surface area contributed by atoms with E-state index < -0.39 is 0 Å². The quantitative estimate of drug-likeness (QED) is 0.710. The summed E-state index contributed by atoms with van der Waals surface area (Å²) in [5.41, 5.74) is 4.03. The summed E-state index contributed by atoms with van der Waals surface area (Å²) in [6.45, 7) is 3.48. The molecule has 0 unspecified atom stereocenters. The van der Waals surface area contributed by atoms with Crippen LogP contribution in [-0.2, 0) is 11.2 Å². The van der Waals surface area contributed by atoms with Crippen LogP contribution in [0.3, 0.4) is 0 Å². The van der Waals surface area contributed by atoms with Crippen molar-refractivity contribution in [1.29, 1.82) is 0 Å². The second-order valence-corrected chi connectivity index (χ2v) is 5.67. The fourth-order valence-corrected chi connectivity index (χ4v) is 2.34. The Labute approximate surface area is 126 Å². The van der Waals surface area contributed by atoms with E-state index in [1.807, 2.05) is 12.1 Å². The van der Waals surface area contributed by atoms with Crippen LogP contribution in [0.2, 0.25) is 0 Å². The Morgan fingerprint density at radius 1 is 0.952 bits per heavy atom. The molecule has 0 atom stereocenters. The van der Waals surface area contributed by atoms with Crippen molar-refractivity contribution in [2.75, 3.05) is 13.2 Å². The summed E-state index contributed by atoms with van der Waals surface area (Å²) in [4.78, 5) is 0. The Morgan fingerprint density at radius 3 is 2.43 bits per heavy atom. The highest BCUT2D eigenvalue weighted by atomic mass is 16.5. The molecule has 2 aromatic rings. The largest absolute Gasteiger partial charge is 0.491 e. The van der Waals surface area contributed by atoms with Crippen LogP contribution in [0.25, 0.3) is 0 Å². The van der Waals surface area contributed by atoms with Gasteiger partial charge in [-0.3, -0.25) is 0 Å². The zero-order valence-corrected chi connectivity index (χ0v) is 12.5. The van der Waals surface area contributed by atoms with Crippen LogP contribution in [-0.4, -0.2) is 19.3 Å². The summed E-state index contributed by atoms with van der Waals surface area (Å²) in [6.07, 6.45) is 3.91. The van der Waals surface area contributed by atoms with Gasteiger partial charge in [-0.05, 0) is 55.0 Å². The first-order valence-electron chi connectivity index (χ1n) is 7.69. The van der Waals surface area contributed by atoms with Crippen LogP contribution in [0.1, 0.15) is 29.5 Å². The average molecular weight is 282 g/mol.